The fourth-order valence-electron chi connectivity index (χ4n) is 4.69. The SMILES string of the molecule is CC[C@H](C)[C@H](NC(C)=O)C(=O)N[C@H]1CCc2cccc3c2N(C1=O)[C@H](C(=O)NC/C(C)=C/SC=N)C3. The van der Waals surface area contributed by atoms with Crippen LogP contribution in [-0.4, -0.2) is 53.8 Å². The second-order valence-corrected chi connectivity index (χ2v) is 10.2. The van der Waals surface area contributed by atoms with Gasteiger partial charge in [0.2, 0.25) is 23.6 Å². The lowest BCUT2D eigenvalue weighted by Crippen LogP contribution is -2.58. The van der Waals surface area contributed by atoms with E-state index in [0.29, 0.717) is 32.2 Å². The van der Waals surface area contributed by atoms with Crippen LogP contribution in [0.3, 0.4) is 0 Å². The molecule has 36 heavy (non-hydrogen) atoms. The molecule has 0 saturated carbocycles. The number of nitrogens with one attached hydrogen (secondary N) is 4. The molecule has 0 aliphatic carbocycles. The van der Waals surface area contributed by atoms with Crippen LogP contribution in [0.1, 0.15) is 51.7 Å². The molecule has 2 aliphatic heterocycles. The van der Waals surface area contributed by atoms with E-state index >= 15 is 0 Å². The maximum absolute atomic E-state index is 13.8. The summed E-state index contributed by atoms with van der Waals surface area (Å²) in [7, 11) is 0. The zero-order chi connectivity index (χ0) is 26.4. The van der Waals surface area contributed by atoms with E-state index in [0.717, 1.165) is 22.4 Å². The van der Waals surface area contributed by atoms with Gasteiger partial charge in [0.1, 0.15) is 18.1 Å². The molecule has 0 aromatic heterocycles. The van der Waals surface area contributed by atoms with E-state index in [1.54, 1.807) is 10.3 Å². The molecule has 2 heterocycles. The Morgan fingerprint density at radius 3 is 2.64 bits per heavy atom. The highest BCUT2D eigenvalue weighted by molar-refractivity contribution is 8.14. The van der Waals surface area contributed by atoms with Crippen molar-refractivity contribution in [2.24, 2.45) is 5.92 Å². The van der Waals surface area contributed by atoms with Crippen molar-refractivity contribution in [3.8, 4) is 0 Å². The fraction of sp³-hybridized carbons (Fsp3) is 0.500. The van der Waals surface area contributed by atoms with Gasteiger partial charge in [-0.05, 0) is 47.8 Å². The molecule has 0 bridgehead atoms. The van der Waals surface area contributed by atoms with Crippen molar-refractivity contribution in [1.29, 1.82) is 5.41 Å². The predicted octanol–water partition coefficient (Wildman–Crippen LogP) is 2.29. The normalized spacial score (nSPS) is 20.6. The first-order valence-electron chi connectivity index (χ1n) is 12.3. The number of thioether (sulfide) groups is 1. The van der Waals surface area contributed by atoms with E-state index in [1.165, 1.54) is 24.2 Å². The summed E-state index contributed by atoms with van der Waals surface area (Å²) in [4.78, 5) is 53.4. The van der Waals surface area contributed by atoms with Crippen LogP contribution in [0.2, 0.25) is 0 Å². The van der Waals surface area contributed by atoms with Crippen LogP contribution in [0, 0.1) is 11.3 Å². The highest BCUT2D eigenvalue weighted by atomic mass is 32.2. The molecule has 0 radical (unpaired) electrons. The van der Waals surface area contributed by atoms with Gasteiger partial charge in [-0.2, -0.15) is 0 Å². The number of nitrogens with zero attached hydrogens (tertiary/aromatic N) is 1. The third-order valence-electron chi connectivity index (χ3n) is 6.76. The van der Waals surface area contributed by atoms with Gasteiger partial charge in [0.15, 0.2) is 0 Å². The summed E-state index contributed by atoms with van der Waals surface area (Å²) in [5.74, 6) is -1.38. The summed E-state index contributed by atoms with van der Waals surface area (Å²) in [6.45, 7) is 7.37. The van der Waals surface area contributed by atoms with Crippen LogP contribution < -0.4 is 20.9 Å². The van der Waals surface area contributed by atoms with E-state index in [9.17, 15) is 19.2 Å². The molecule has 4 atom stereocenters. The molecule has 3 rings (SSSR count). The maximum atomic E-state index is 13.8. The molecule has 0 spiro atoms. The number of para-hydroxylation sites is 1. The highest BCUT2D eigenvalue weighted by Crippen LogP contribution is 2.39. The Hall–Kier alpha value is -3.14. The summed E-state index contributed by atoms with van der Waals surface area (Å²) in [5.41, 5.74) is 4.80. The Morgan fingerprint density at radius 1 is 1.25 bits per heavy atom. The fourth-order valence-corrected chi connectivity index (χ4v) is 5.08. The monoisotopic (exact) mass is 513 g/mol. The average Bonchev–Trinajstić information content (AvgIpc) is 3.19. The van der Waals surface area contributed by atoms with Crippen molar-refractivity contribution in [3.05, 3.63) is 40.3 Å². The lowest BCUT2D eigenvalue weighted by molar-refractivity contribution is -0.132. The van der Waals surface area contributed by atoms with E-state index in [1.807, 2.05) is 39.0 Å². The van der Waals surface area contributed by atoms with Gasteiger partial charge in [-0.15, -0.1) is 0 Å². The Kier molecular flexibility index (Phi) is 9.31. The minimum absolute atomic E-state index is 0.106. The highest BCUT2D eigenvalue weighted by Gasteiger charge is 2.44. The van der Waals surface area contributed by atoms with E-state index < -0.39 is 24.0 Å². The Morgan fingerprint density at radius 2 is 1.97 bits per heavy atom. The molecular formula is C26H35N5O4S. The number of hydrogen-bond donors (Lipinski definition) is 4. The molecule has 0 fully saturated rings. The molecule has 1 aromatic carbocycles. The number of hydrogen-bond acceptors (Lipinski definition) is 6. The minimum Gasteiger partial charge on any atom is -0.351 e. The lowest BCUT2D eigenvalue weighted by Gasteiger charge is -2.29. The molecule has 4 N–H and O–H groups in total. The zero-order valence-corrected chi connectivity index (χ0v) is 22.0. The van der Waals surface area contributed by atoms with E-state index in [2.05, 4.69) is 16.0 Å². The second-order valence-electron chi connectivity index (χ2n) is 9.45. The van der Waals surface area contributed by atoms with Gasteiger partial charge < -0.3 is 21.4 Å². The van der Waals surface area contributed by atoms with Gasteiger partial charge in [0.05, 0.1) is 11.2 Å². The topological polar surface area (TPSA) is 131 Å². The molecule has 194 valence electrons. The lowest BCUT2D eigenvalue weighted by atomic mass is 9.97. The van der Waals surface area contributed by atoms with Gasteiger partial charge in [0, 0.05) is 19.9 Å². The van der Waals surface area contributed by atoms with Crippen molar-refractivity contribution < 1.29 is 19.2 Å². The Balaban J connectivity index is 1.83. The zero-order valence-electron chi connectivity index (χ0n) is 21.2. The number of carbonyl (C=O) groups is 4. The quantitative estimate of drug-likeness (QED) is 0.282. The predicted molar refractivity (Wildman–Crippen MR) is 142 cm³/mol. The largest absolute Gasteiger partial charge is 0.351 e. The van der Waals surface area contributed by atoms with Gasteiger partial charge >= 0.3 is 0 Å². The average molecular weight is 514 g/mol. The third kappa shape index (κ3) is 6.16. The number of amides is 4. The van der Waals surface area contributed by atoms with Gasteiger partial charge in [0.25, 0.3) is 0 Å². The van der Waals surface area contributed by atoms with Crippen LogP contribution >= 0.6 is 11.8 Å². The summed E-state index contributed by atoms with van der Waals surface area (Å²) >= 11 is 1.22. The van der Waals surface area contributed by atoms with Crippen LogP contribution in [0.25, 0.3) is 0 Å². The van der Waals surface area contributed by atoms with Crippen LogP contribution in [0.4, 0.5) is 5.69 Å². The van der Waals surface area contributed by atoms with Crippen molar-refractivity contribution in [2.45, 2.75) is 71.5 Å². The van der Waals surface area contributed by atoms with Crippen LogP contribution in [-0.2, 0) is 32.0 Å². The molecule has 1 aromatic rings. The molecular weight excluding hydrogens is 478 g/mol. The standard InChI is InChI=1S/C26H35N5O4S/c1-5-16(3)22(29-17(4)32)25(34)30-20-10-9-18-7-6-8-19-11-21(31(23(18)19)26(20)35)24(33)28-12-15(2)13-36-14-27/h6-8,13-14,16,20-22,27H,5,9-12H2,1-4H3,(H,28,33)(H,29,32)(H,30,34)/b15-13+,27-14?/t16-,20-,21-,22-/m0/s1. The molecule has 0 unspecified atom stereocenters. The Bertz CT molecular complexity index is 1070. The molecule has 10 heteroatoms. The third-order valence-corrected chi connectivity index (χ3v) is 7.43. The van der Waals surface area contributed by atoms with E-state index in [-0.39, 0.29) is 23.6 Å². The first-order chi connectivity index (χ1) is 17.2. The van der Waals surface area contributed by atoms with Crippen molar-refractivity contribution >= 4 is 46.6 Å². The smallest absolute Gasteiger partial charge is 0.250 e. The summed E-state index contributed by atoms with van der Waals surface area (Å²) in [6, 6.07) is 3.57. The first-order valence-corrected chi connectivity index (χ1v) is 13.2. The number of carbonyl (C=O) groups excluding carboxylic acids is 4. The van der Waals surface area contributed by atoms with Gasteiger partial charge in [-0.1, -0.05) is 50.2 Å². The first kappa shape index (κ1) is 27.4. The Labute approximate surface area is 216 Å². The van der Waals surface area contributed by atoms with Gasteiger partial charge in [-0.25, -0.2) is 0 Å². The minimum atomic E-state index is -0.808. The summed E-state index contributed by atoms with van der Waals surface area (Å²) in [6.07, 6.45) is 2.08. The van der Waals surface area contributed by atoms with Crippen molar-refractivity contribution in [3.63, 3.8) is 0 Å². The van der Waals surface area contributed by atoms with Crippen molar-refractivity contribution in [1.82, 2.24) is 16.0 Å². The van der Waals surface area contributed by atoms with Crippen LogP contribution in [0.15, 0.2) is 29.2 Å². The number of rotatable bonds is 10. The van der Waals surface area contributed by atoms with Crippen molar-refractivity contribution in [2.75, 3.05) is 11.4 Å². The number of benzene rings is 1. The molecule has 9 nitrogen and oxygen atoms in total. The summed E-state index contributed by atoms with van der Waals surface area (Å²) < 4.78 is 0. The summed E-state index contributed by atoms with van der Waals surface area (Å²) in [5, 5.41) is 17.4. The maximum Gasteiger partial charge on any atom is 0.250 e. The number of aryl methyl sites for hydroxylation is 1. The molecule has 0 saturated heterocycles. The second kappa shape index (κ2) is 12.2. The van der Waals surface area contributed by atoms with E-state index in [4.69, 9.17) is 5.41 Å². The molecule has 4 amide bonds. The van der Waals surface area contributed by atoms with Gasteiger partial charge in [-0.3, -0.25) is 24.1 Å². The molecule has 2 aliphatic rings. The van der Waals surface area contributed by atoms with Crippen LogP contribution in [0.5, 0.6) is 0 Å². The number of anilines is 1.